The van der Waals surface area contributed by atoms with Crippen LogP contribution in [0, 0.1) is 5.41 Å². The molecule has 18 heavy (non-hydrogen) atoms. The van der Waals surface area contributed by atoms with Crippen LogP contribution in [0.3, 0.4) is 0 Å². The van der Waals surface area contributed by atoms with Gasteiger partial charge in [-0.3, -0.25) is 4.79 Å². The van der Waals surface area contributed by atoms with Crippen molar-refractivity contribution in [3.05, 3.63) is 0 Å². The third-order valence-corrected chi connectivity index (χ3v) is 5.04. The van der Waals surface area contributed by atoms with E-state index < -0.39 is 17.4 Å². The van der Waals surface area contributed by atoms with Crippen molar-refractivity contribution < 1.29 is 14.7 Å². The number of carboxylic acids is 1. The quantitative estimate of drug-likeness (QED) is 0.793. The highest BCUT2D eigenvalue weighted by atomic mass is 32.2. The molecule has 0 aromatic rings. The zero-order valence-electron chi connectivity index (χ0n) is 10.6. The third-order valence-electron chi connectivity index (χ3n) is 4.03. The number of carbonyl (C=O) groups excluding carboxylic acids is 1. The fourth-order valence-electron chi connectivity index (χ4n) is 2.76. The lowest BCUT2D eigenvalue weighted by molar-refractivity contribution is -0.153. The minimum Gasteiger partial charge on any atom is -0.480 e. The molecule has 2 fully saturated rings. The lowest BCUT2D eigenvalue weighted by atomic mass is 9.77. The van der Waals surface area contributed by atoms with E-state index in [9.17, 15) is 9.59 Å². The highest BCUT2D eigenvalue weighted by Gasteiger charge is 2.45. The molecule has 1 amide bonds. The Hall–Kier alpha value is -0.750. The number of carboxylic acid groups (broad SMARTS) is 1. The number of carbonyl (C=O) groups is 2. The molecule has 102 valence electrons. The largest absolute Gasteiger partial charge is 0.480 e. The van der Waals surface area contributed by atoms with Gasteiger partial charge in [0.1, 0.15) is 6.04 Å². The van der Waals surface area contributed by atoms with Gasteiger partial charge in [-0.1, -0.05) is 6.92 Å². The van der Waals surface area contributed by atoms with E-state index in [1.165, 1.54) is 11.8 Å². The number of nitrogens with zero attached hydrogens (tertiary/aromatic N) is 1. The molecule has 2 unspecified atom stereocenters. The van der Waals surface area contributed by atoms with E-state index in [1.54, 1.807) is 4.90 Å². The van der Waals surface area contributed by atoms with Gasteiger partial charge in [0.05, 0.1) is 11.3 Å². The zero-order valence-corrected chi connectivity index (χ0v) is 11.5. The lowest BCUT2D eigenvalue weighted by Gasteiger charge is -2.39. The van der Waals surface area contributed by atoms with E-state index >= 15 is 0 Å². The highest BCUT2D eigenvalue weighted by Crippen LogP contribution is 2.35. The Bertz CT molecular complexity index is 342. The van der Waals surface area contributed by atoms with Gasteiger partial charge in [-0.15, -0.1) is 11.8 Å². The molecule has 2 aliphatic heterocycles. The van der Waals surface area contributed by atoms with Crippen molar-refractivity contribution in [1.29, 1.82) is 0 Å². The molecule has 0 saturated carbocycles. The summed E-state index contributed by atoms with van der Waals surface area (Å²) in [6.45, 7) is 3.64. The summed E-state index contributed by atoms with van der Waals surface area (Å²) in [5.41, 5.74) is -0.392. The number of thioether (sulfide) groups is 1. The Labute approximate surface area is 111 Å². The second-order valence-corrected chi connectivity index (χ2v) is 6.04. The number of amides is 1. The van der Waals surface area contributed by atoms with Crippen molar-refractivity contribution in [3.63, 3.8) is 0 Å². The van der Waals surface area contributed by atoms with Crippen LogP contribution in [-0.4, -0.2) is 52.6 Å². The first-order valence-electron chi connectivity index (χ1n) is 6.43. The van der Waals surface area contributed by atoms with E-state index in [0.29, 0.717) is 18.2 Å². The SMILES string of the molecule is CCC1(C(=O)N2CSCC2C(=O)O)CCCNC1. The lowest BCUT2D eigenvalue weighted by Crippen LogP contribution is -2.54. The molecule has 0 aliphatic carbocycles. The molecule has 0 spiro atoms. The smallest absolute Gasteiger partial charge is 0.327 e. The molecule has 2 aliphatic rings. The van der Waals surface area contributed by atoms with Gasteiger partial charge in [-0.25, -0.2) is 4.79 Å². The van der Waals surface area contributed by atoms with Crippen LogP contribution in [0.2, 0.25) is 0 Å². The van der Waals surface area contributed by atoms with Gasteiger partial charge in [-0.05, 0) is 25.8 Å². The highest BCUT2D eigenvalue weighted by molar-refractivity contribution is 7.99. The average molecular weight is 272 g/mol. The van der Waals surface area contributed by atoms with Crippen molar-refractivity contribution in [3.8, 4) is 0 Å². The number of rotatable bonds is 3. The van der Waals surface area contributed by atoms with E-state index in [0.717, 1.165) is 25.8 Å². The molecule has 6 heteroatoms. The van der Waals surface area contributed by atoms with Crippen molar-refractivity contribution in [2.24, 2.45) is 5.41 Å². The number of piperidine rings is 1. The van der Waals surface area contributed by atoms with Gasteiger partial charge in [-0.2, -0.15) is 0 Å². The van der Waals surface area contributed by atoms with Gasteiger partial charge in [0.2, 0.25) is 5.91 Å². The zero-order chi connectivity index (χ0) is 13.2. The molecule has 2 heterocycles. The molecule has 2 N–H and O–H groups in total. The van der Waals surface area contributed by atoms with Crippen LogP contribution in [0.15, 0.2) is 0 Å². The number of nitrogens with one attached hydrogen (secondary N) is 1. The summed E-state index contributed by atoms with van der Waals surface area (Å²) in [5, 5.41) is 12.4. The van der Waals surface area contributed by atoms with Gasteiger partial charge < -0.3 is 15.3 Å². The van der Waals surface area contributed by atoms with E-state index in [1.807, 2.05) is 6.92 Å². The van der Waals surface area contributed by atoms with Crippen LogP contribution in [0.4, 0.5) is 0 Å². The maximum Gasteiger partial charge on any atom is 0.327 e. The third kappa shape index (κ3) is 2.36. The van der Waals surface area contributed by atoms with E-state index in [2.05, 4.69) is 5.32 Å². The van der Waals surface area contributed by atoms with Gasteiger partial charge in [0.25, 0.3) is 0 Å². The van der Waals surface area contributed by atoms with Crippen LogP contribution >= 0.6 is 11.8 Å². The van der Waals surface area contributed by atoms with E-state index in [4.69, 9.17) is 5.11 Å². The standard InChI is InChI=1S/C12H20N2O3S/c1-2-12(4-3-5-13-7-12)11(17)14-8-18-6-9(14)10(15)16/h9,13H,2-8H2,1H3,(H,15,16). The van der Waals surface area contributed by atoms with Gasteiger partial charge >= 0.3 is 5.97 Å². The number of hydrogen-bond acceptors (Lipinski definition) is 4. The van der Waals surface area contributed by atoms with Crippen LogP contribution in [-0.2, 0) is 9.59 Å². The predicted molar refractivity (Wildman–Crippen MR) is 70.4 cm³/mol. The molecule has 0 bridgehead atoms. The number of hydrogen-bond donors (Lipinski definition) is 2. The molecule has 2 rings (SSSR count). The minimum absolute atomic E-state index is 0.0228. The van der Waals surface area contributed by atoms with Gasteiger partial charge in [0, 0.05) is 12.3 Å². The molecule has 5 nitrogen and oxygen atoms in total. The molecule has 0 aromatic carbocycles. The van der Waals surface area contributed by atoms with Crippen LogP contribution in [0.25, 0.3) is 0 Å². The summed E-state index contributed by atoms with van der Waals surface area (Å²) in [5.74, 6) is 0.157. The molecular formula is C12H20N2O3S. The fraction of sp³-hybridized carbons (Fsp3) is 0.833. The second-order valence-electron chi connectivity index (χ2n) is 5.04. The van der Waals surface area contributed by atoms with Gasteiger partial charge in [0.15, 0.2) is 0 Å². The van der Waals surface area contributed by atoms with Crippen molar-refractivity contribution >= 4 is 23.6 Å². The first-order valence-corrected chi connectivity index (χ1v) is 7.58. The maximum atomic E-state index is 12.7. The summed E-state index contributed by atoms with van der Waals surface area (Å²) >= 11 is 1.52. The summed E-state index contributed by atoms with van der Waals surface area (Å²) in [4.78, 5) is 25.4. The fourth-order valence-corrected chi connectivity index (χ4v) is 3.90. The summed E-state index contributed by atoms with van der Waals surface area (Å²) in [6, 6.07) is -0.646. The topological polar surface area (TPSA) is 69.6 Å². The molecule has 0 radical (unpaired) electrons. The van der Waals surface area contributed by atoms with Crippen LogP contribution < -0.4 is 5.32 Å². The minimum atomic E-state index is -0.886. The summed E-state index contributed by atoms with van der Waals surface area (Å²) in [6.07, 6.45) is 2.62. The van der Waals surface area contributed by atoms with Crippen LogP contribution in [0.5, 0.6) is 0 Å². The van der Waals surface area contributed by atoms with Crippen molar-refractivity contribution in [2.45, 2.75) is 32.2 Å². The monoisotopic (exact) mass is 272 g/mol. The maximum absolute atomic E-state index is 12.7. The Kier molecular flexibility index (Phi) is 4.17. The van der Waals surface area contributed by atoms with Crippen molar-refractivity contribution in [1.82, 2.24) is 10.2 Å². The second kappa shape index (κ2) is 5.48. The Morgan fingerprint density at radius 1 is 1.56 bits per heavy atom. The Morgan fingerprint density at radius 3 is 2.89 bits per heavy atom. The molecular weight excluding hydrogens is 252 g/mol. The summed E-state index contributed by atoms with van der Waals surface area (Å²) in [7, 11) is 0. The predicted octanol–water partition coefficient (Wildman–Crippen LogP) is 0.752. The molecule has 0 aromatic heterocycles. The molecule has 2 saturated heterocycles. The normalized spacial score (nSPS) is 32.5. The first kappa shape index (κ1) is 13.7. The Balaban J connectivity index is 2.15. The molecule has 2 atom stereocenters. The van der Waals surface area contributed by atoms with Crippen LogP contribution in [0.1, 0.15) is 26.2 Å². The summed E-state index contributed by atoms with van der Waals surface area (Å²) < 4.78 is 0. The van der Waals surface area contributed by atoms with E-state index in [-0.39, 0.29) is 5.91 Å². The first-order chi connectivity index (χ1) is 8.60. The average Bonchev–Trinajstić information content (AvgIpc) is 2.88. The number of aliphatic carboxylic acids is 1. The van der Waals surface area contributed by atoms with Crippen molar-refractivity contribution in [2.75, 3.05) is 24.7 Å². The Morgan fingerprint density at radius 2 is 2.33 bits per heavy atom.